The molecule has 5 aliphatic heterocycles. The summed E-state index contributed by atoms with van der Waals surface area (Å²) in [5.74, 6) is -0.356. The number of carbonyl (C=O) groups excluding carboxylic acids is 5. The van der Waals surface area contributed by atoms with E-state index in [-0.39, 0.29) is 53.3 Å². The normalized spacial score (nSPS) is 19.3. The van der Waals surface area contributed by atoms with Crippen molar-refractivity contribution < 1.29 is 54.9 Å². The SMILES string of the molecule is CC(C)(C)OC(=O)NC1(C(=O)N2CC3(C2)C(=O)N(Cc2ncc4ccccc4c2Br)c2ccccc23)CC1.CC1(C)OB(c2ccc(S(C)(=O)=O)nc2)OC1(C)C.NC1(C(=O)N2CC3(C2)C(=O)N(Cc2ncc4ccccc4c2-c2ccc(S(N)(=O)=O)nc2)c2ccccc23)CC1. The molecule has 2 saturated carbocycles. The molecule has 3 saturated heterocycles. The zero-order valence-corrected chi connectivity index (χ0v) is 58.0. The number of likely N-dealkylation sites (tertiary alicyclic amines) is 2. The van der Waals surface area contributed by atoms with Crippen molar-refractivity contribution in [3.63, 3.8) is 0 Å². The summed E-state index contributed by atoms with van der Waals surface area (Å²) in [5.41, 5.74) is 8.32. The summed E-state index contributed by atoms with van der Waals surface area (Å²) in [7, 11) is -7.76. The van der Waals surface area contributed by atoms with Crippen LogP contribution < -0.4 is 31.5 Å². The molecule has 7 aliphatic rings. The fourth-order valence-electron chi connectivity index (χ4n) is 13.3. The number of nitrogens with two attached hydrogens (primary N) is 2. The molecule has 15 rings (SSSR count). The number of pyridine rings is 4. The van der Waals surface area contributed by atoms with Gasteiger partial charge < -0.3 is 44.7 Å². The topological polar surface area (TPSA) is 310 Å². The van der Waals surface area contributed by atoms with Gasteiger partial charge in [-0.25, -0.2) is 36.7 Å². The molecule has 5 amide bonds. The lowest BCUT2D eigenvalue weighted by Gasteiger charge is -2.48. The number of rotatable bonds is 11. The second-order valence-corrected chi connectivity index (χ2v) is 32.4. The van der Waals surface area contributed by atoms with Crippen molar-refractivity contribution in [2.24, 2.45) is 10.9 Å². The van der Waals surface area contributed by atoms with E-state index >= 15 is 0 Å². The third-order valence-electron chi connectivity index (χ3n) is 19.5. The van der Waals surface area contributed by atoms with E-state index in [1.807, 2.05) is 131 Å². The Kier molecular flexibility index (Phi) is 16.5. The van der Waals surface area contributed by atoms with E-state index in [9.17, 15) is 40.8 Å². The number of alkyl carbamates (subject to hydrolysis) is 1. The molecule has 0 unspecified atom stereocenters. The number of ether oxygens (including phenoxy) is 1. The van der Waals surface area contributed by atoms with Crippen LogP contribution in [0.4, 0.5) is 16.2 Å². The zero-order chi connectivity index (χ0) is 69.2. The van der Waals surface area contributed by atoms with Gasteiger partial charge in [-0.05, 0) is 142 Å². The molecular formula is C70H73BBrN11O12S2. The number of sulfonamides is 1. The van der Waals surface area contributed by atoms with Crippen molar-refractivity contribution >= 4 is 111 Å². The molecule has 502 valence electrons. The number of benzene rings is 4. The number of aromatic nitrogens is 4. The third-order valence-corrected chi connectivity index (χ3v) is 22.3. The second-order valence-electron chi connectivity index (χ2n) is 28.2. The highest BCUT2D eigenvalue weighted by Gasteiger charge is 2.65. The van der Waals surface area contributed by atoms with E-state index in [0.717, 1.165) is 66.0 Å². The van der Waals surface area contributed by atoms with Gasteiger partial charge in [0.25, 0.3) is 10.0 Å². The molecule has 0 radical (unpaired) electrons. The first-order chi connectivity index (χ1) is 45.7. The molecule has 27 heteroatoms. The Hall–Kier alpha value is -8.57. The summed E-state index contributed by atoms with van der Waals surface area (Å²) in [6, 6.07) is 37.3. The van der Waals surface area contributed by atoms with Crippen LogP contribution in [-0.2, 0) is 77.0 Å². The van der Waals surface area contributed by atoms with Crippen LogP contribution in [0.1, 0.15) is 96.7 Å². The van der Waals surface area contributed by atoms with Crippen LogP contribution >= 0.6 is 15.9 Å². The Morgan fingerprint density at radius 3 is 1.60 bits per heavy atom. The number of primary sulfonamides is 1. The molecule has 5 N–H and O–H groups in total. The number of nitrogens with one attached hydrogen (secondary N) is 1. The summed E-state index contributed by atoms with van der Waals surface area (Å²) in [6.45, 7) is 14.9. The number of hydrogen-bond donors (Lipinski definition) is 3. The first-order valence-electron chi connectivity index (χ1n) is 31.8. The quantitative estimate of drug-likeness (QED) is 0.105. The number of sulfone groups is 1. The van der Waals surface area contributed by atoms with Crippen molar-refractivity contribution in [3.8, 4) is 11.1 Å². The molecule has 2 aliphatic carbocycles. The monoisotopic (exact) mass is 1410 g/mol. The maximum absolute atomic E-state index is 14.1. The first kappa shape index (κ1) is 67.0. The predicted octanol–water partition coefficient (Wildman–Crippen LogP) is 7.53. The number of para-hydroxylation sites is 2. The van der Waals surface area contributed by atoms with Gasteiger partial charge in [0.15, 0.2) is 19.9 Å². The number of anilines is 2. The van der Waals surface area contributed by atoms with Crippen LogP contribution in [0.3, 0.4) is 0 Å². The third kappa shape index (κ3) is 12.2. The Bertz CT molecular complexity index is 4790. The minimum atomic E-state index is -3.95. The van der Waals surface area contributed by atoms with E-state index in [2.05, 4.69) is 36.2 Å². The highest BCUT2D eigenvalue weighted by molar-refractivity contribution is 9.10. The lowest BCUT2D eigenvalue weighted by atomic mass is 9.74. The molecule has 0 bridgehead atoms. The van der Waals surface area contributed by atoms with Crippen molar-refractivity contribution in [1.29, 1.82) is 0 Å². The molecule has 2 spiro atoms. The van der Waals surface area contributed by atoms with Gasteiger partial charge in [-0.1, -0.05) is 91.0 Å². The average molecular weight is 1420 g/mol. The molecule has 23 nitrogen and oxygen atoms in total. The molecule has 9 heterocycles. The first-order valence-corrected chi connectivity index (χ1v) is 36.0. The average Bonchev–Trinajstić information content (AvgIpc) is 1.56. The molecule has 4 aromatic heterocycles. The van der Waals surface area contributed by atoms with Crippen LogP contribution in [-0.4, -0.2) is 144 Å². The molecule has 8 aromatic rings. The van der Waals surface area contributed by atoms with Gasteiger partial charge in [-0.2, -0.15) is 0 Å². The van der Waals surface area contributed by atoms with Gasteiger partial charge in [-0.3, -0.25) is 29.1 Å². The highest BCUT2D eigenvalue weighted by Crippen LogP contribution is 2.52. The Morgan fingerprint density at radius 1 is 0.619 bits per heavy atom. The largest absolute Gasteiger partial charge is 0.496 e. The smallest absolute Gasteiger partial charge is 0.444 e. The number of hydrogen-bond acceptors (Lipinski definition) is 17. The minimum Gasteiger partial charge on any atom is -0.444 e. The number of carbonyl (C=O) groups is 5. The number of nitrogens with zero attached hydrogens (tertiary/aromatic N) is 8. The van der Waals surface area contributed by atoms with Gasteiger partial charge >= 0.3 is 13.2 Å². The zero-order valence-electron chi connectivity index (χ0n) is 54.8. The van der Waals surface area contributed by atoms with Gasteiger partial charge in [0, 0.05) is 100 Å². The highest BCUT2D eigenvalue weighted by atomic mass is 79.9. The standard InChI is InChI=1S/C29H29BrN4O4.C29H26N6O4S.C12H18BNO4S/c1-27(2,3)38-26(37)32-29(12-13-29)25(36)33-16-28(17-33)20-10-6-7-11-22(20)34(24(28)35)15-21-23(30)19-9-5-4-8-18(19)14-31-21;30-29(11-12-29)27(37)34-16-28(17-34)21-7-3-4-8-23(21)35(26(28)36)15-22-25(20-6-2-1-5-18(20)13-32-22)19-9-10-24(33-14-19)40(31,38)39;1-11(2)12(3,4)18-13(17-11)9-6-7-10(14-8-9)19(5,15)16/h4-11,14H,12-13,15-17H2,1-3H3,(H,32,37);1-10,13-14H,11-12,15-17,30H2,(H2,31,38,39);6-8H,1-5H3. The maximum Gasteiger partial charge on any atom is 0.496 e. The molecule has 97 heavy (non-hydrogen) atoms. The van der Waals surface area contributed by atoms with Crippen molar-refractivity contribution in [1.82, 2.24) is 35.1 Å². The number of halogens is 1. The maximum atomic E-state index is 14.1. The van der Waals surface area contributed by atoms with E-state index in [0.29, 0.717) is 62.0 Å². The summed E-state index contributed by atoms with van der Waals surface area (Å²) in [5, 5.41) is 11.7. The van der Waals surface area contributed by atoms with Gasteiger partial charge in [-0.15, -0.1) is 0 Å². The fraction of sp³-hybridized carbons (Fsp3) is 0.357. The van der Waals surface area contributed by atoms with Crippen molar-refractivity contribution in [2.45, 2.75) is 136 Å². The van der Waals surface area contributed by atoms with E-state index in [1.165, 1.54) is 24.5 Å². The van der Waals surface area contributed by atoms with Crippen molar-refractivity contribution in [3.05, 3.63) is 173 Å². The van der Waals surface area contributed by atoms with Gasteiger partial charge in [0.1, 0.15) is 22.0 Å². The molecule has 4 aromatic carbocycles. The lowest BCUT2D eigenvalue weighted by molar-refractivity contribution is -0.147. The second kappa shape index (κ2) is 23.9. The number of fused-ring (bicyclic) bond motifs is 6. The van der Waals surface area contributed by atoms with Crippen LogP contribution in [0.2, 0.25) is 0 Å². The van der Waals surface area contributed by atoms with Crippen LogP contribution in [0.5, 0.6) is 0 Å². The Labute approximate surface area is 570 Å². The van der Waals surface area contributed by atoms with Gasteiger partial charge in [0.2, 0.25) is 23.6 Å². The lowest BCUT2D eigenvalue weighted by Crippen LogP contribution is -2.68. The van der Waals surface area contributed by atoms with Gasteiger partial charge in [0.05, 0.1) is 41.2 Å². The molecule has 0 atom stereocenters. The summed E-state index contributed by atoms with van der Waals surface area (Å²) in [6.07, 6.45) is 9.55. The molecule has 5 fully saturated rings. The van der Waals surface area contributed by atoms with Crippen LogP contribution in [0.25, 0.3) is 32.7 Å². The van der Waals surface area contributed by atoms with Crippen LogP contribution in [0, 0.1) is 0 Å². The fourth-order valence-corrected chi connectivity index (χ4v) is 14.9. The summed E-state index contributed by atoms with van der Waals surface area (Å²) < 4.78 is 64.2. The van der Waals surface area contributed by atoms with E-state index in [4.69, 9.17) is 29.9 Å². The van der Waals surface area contributed by atoms with E-state index in [1.54, 1.807) is 58.7 Å². The van der Waals surface area contributed by atoms with E-state index < -0.39 is 71.8 Å². The number of amides is 5. The summed E-state index contributed by atoms with van der Waals surface area (Å²) in [4.78, 5) is 91.1. The Morgan fingerprint density at radius 2 is 1.10 bits per heavy atom. The van der Waals surface area contributed by atoms with Crippen molar-refractivity contribution in [2.75, 3.05) is 42.2 Å². The summed E-state index contributed by atoms with van der Waals surface area (Å²) >= 11 is 3.71. The molecular weight excluding hydrogens is 1340 g/mol. The Balaban J connectivity index is 0.000000140. The van der Waals surface area contributed by atoms with Crippen LogP contribution in [0.15, 0.2) is 161 Å². The minimum absolute atomic E-state index is 0.0328. The predicted molar refractivity (Wildman–Crippen MR) is 368 cm³/mol.